The fourth-order valence-electron chi connectivity index (χ4n) is 2.03. The summed E-state index contributed by atoms with van der Waals surface area (Å²) in [7, 11) is 0. The fraction of sp³-hybridized carbons (Fsp3) is 0.278. The van der Waals surface area contributed by atoms with Crippen LogP contribution in [0.25, 0.3) is 0 Å². The summed E-state index contributed by atoms with van der Waals surface area (Å²) < 4.78 is 16.1. The highest BCUT2D eigenvalue weighted by Crippen LogP contribution is 2.27. The van der Waals surface area contributed by atoms with Crippen LogP contribution in [-0.4, -0.2) is 31.2 Å². The first-order valence-corrected chi connectivity index (χ1v) is 8.17. The number of carbonyl (C=O) groups is 2. The second-order valence-corrected chi connectivity index (χ2v) is 5.03. The minimum absolute atomic E-state index is 0.125. The third-order valence-electron chi connectivity index (χ3n) is 3.16. The molecule has 0 saturated carbocycles. The molecule has 138 valence electrons. The summed E-state index contributed by atoms with van der Waals surface area (Å²) in [5.74, 6) is 0.0881. The van der Waals surface area contributed by atoms with E-state index in [1.807, 2.05) is 13.8 Å². The lowest BCUT2D eigenvalue weighted by atomic mass is 10.2. The Labute approximate surface area is 151 Å². The van der Waals surface area contributed by atoms with Crippen LogP contribution in [0.15, 0.2) is 46.1 Å². The van der Waals surface area contributed by atoms with Gasteiger partial charge in [-0.25, -0.2) is 5.43 Å². The Morgan fingerprint density at radius 1 is 1.12 bits per heavy atom. The minimum Gasteiger partial charge on any atom is -0.490 e. The summed E-state index contributed by atoms with van der Waals surface area (Å²) in [5, 5.41) is 6.21. The Hall–Kier alpha value is -3.29. The summed E-state index contributed by atoms with van der Waals surface area (Å²) >= 11 is 0. The molecule has 2 rings (SSSR count). The van der Waals surface area contributed by atoms with Crippen molar-refractivity contribution < 1.29 is 23.5 Å². The highest BCUT2D eigenvalue weighted by molar-refractivity contribution is 6.35. The Morgan fingerprint density at radius 2 is 1.88 bits per heavy atom. The number of hydrogen-bond donors (Lipinski definition) is 2. The van der Waals surface area contributed by atoms with Crippen molar-refractivity contribution in [3.8, 4) is 11.5 Å². The van der Waals surface area contributed by atoms with Crippen molar-refractivity contribution in [3.05, 3.63) is 47.9 Å². The number of ether oxygens (including phenoxy) is 2. The molecule has 0 spiro atoms. The zero-order chi connectivity index (χ0) is 18.8. The fourth-order valence-corrected chi connectivity index (χ4v) is 2.03. The molecule has 2 aromatic rings. The van der Waals surface area contributed by atoms with Gasteiger partial charge in [-0.1, -0.05) is 0 Å². The van der Waals surface area contributed by atoms with Crippen LogP contribution in [0.4, 0.5) is 0 Å². The molecule has 0 saturated heterocycles. The van der Waals surface area contributed by atoms with Gasteiger partial charge in [0.1, 0.15) is 5.76 Å². The number of carbonyl (C=O) groups excluding carboxylic acids is 2. The standard InChI is InChI=1S/C18H21N3O5/c1-3-24-15-8-7-13(10-16(15)25-4-2)11-20-21-18(23)17(22)19-12-14-6-5-9-26-14/h5-11H,3-4,12H2,1-2H3,(H,19,22)(H,21,23)/b20-11-. The maximum Gasteiger partial charge on any atom is 0.329 e. The molecule has 1 heterocycles. The SMILES string of the molecule is CCOc1ccc(/C=N\NC(=O)C(=O)NCc2ccco2)cc1OCC. The lowest BCUT2D eigenvalue weighted by molar-refractivity contribution is -0.139. The second kappa shape index (κ2) is 9.87. The van der Waals surface area contributed by atoms with Crippen LogP contribution in [0.1, 0.15) is 25.2 Å². The summed E-state index contributed by atoms with van der Waals surface area (Å²) in [6.45, 7) is 4.90. The molecule has 2 N–H and O–H groups in total. The molecular weight excluding hydrogens is 338 g/mol. The molecule has 1 aromatic carbocycles. The van der Waals surface area contributed by atoms with E-state index in [1.54, 1.807) is 30.3 Å². The van der Waals surface area contributed by atoms with Gasteiger partial charge in [0.25, 0.3) is 0 Å². The smallest absolute Gasteiger partial charge is 0.329 e. The number of benzene rings is 1. The van der Waals surface area contributed by atoms with Crippen LogP contribution in [-0.2, 0) is 16.1 Å². The monoisotopic (exact) mass is 359 g/mol. The number of furan rings is 1. The molecule has 8 heteroatoms. The topological polar surface area (TPSA) is 102 Å². The van der Waals surface area contributed by atoms with Crippen molar-refractivity contribution >= 4 is 18.0 Å². The van der Waals surface area contributed by atoms with Crippen molar-refractivity contribution in [2.75, 3.05) is 13.2 Å². The summed E-state index contributed by atoms with van der Waals surface area (Å²) in [4.78, 5) is 23.4. The van der Waals surface area contributed by atoms with Crippen LogP contribution in [0.2, 0.25) is 0 Å². The van der Waals surface area contributed by atoms with Crippen molar-refractivity contribution in [1.29, 1.82) is 0 Å². The van der Waals surface area contributed by atoms with E-state index in [4.69, 9.17) is 13.9 Å². The van der Waals surface area contributed by atoms with Crippen LogP contribution in [0.5, 0.6) is 11.5 Å². The number of nitrogens with one attached hydrogen (secondary N) is 2. The van der Waals surface area contributed by atoms with Gasteiger partial charge in [-0.3, -0.25) is 9.59 Å². The third kappa shape index (κ3) is 5.66. The predicted octanol–water partition coefficient (Wildman–Crippen LogP) is 1.84. The third-order valence-corrected chi connectivity index (χ3v) is 3.16. The lowest BCUT2D eigenvalue weighted by Gasteiger charge is -2.11. The van der Waals surface area contributed by atoms with Gasteiger partial charge in [0.2, 0.25) is 0 Å². The Bertz CT molecular complexity index is 756. The first kappa shape index (κ1) is 19.0. The van der Waals surface area contributed by atoms with Gasteiger partial charge in [0.05, 0.1) is 32.2 Å². The Morgan fingerprint density at radius 3 is 2.58 bits per heavy atom. The number of nitrogens with zero attached hydrogens (tertiary/aromatic N) is 1. The number of hydrogen-bond acceptors (Lipinski definition) is 6. The van der Waals surface area contributed by atoms with E-state index >= 15 is 0 Å². The molecule has 0 radical (unpaired) electrons. The molecule has 26 heavy (non-hydrogen) atoms. The van der Waals surface area contributed by atoms with E-state index in [1.165, 1.54) is 12.5 Å². The van der Waals surface area contributed by atoms with Crippen molar-refractivity contribution in [2.24, 2.45) is 5.10 Å². The number of hydrazone groups is 1. The Balaban J connectivity index is 1.89. The molecule has 0 atom stereocenters. The average molecular weight is 359 g/mol. The van der Waals surface area contributed by atoms with Crippen molar-refractivity contribution in [1.82, 2.24) is 10.7 Å². The molecule has 0 aliphatic carbocycles. The average Bonchev–Trinajstić information content (AvgIpc) is 3.15. The minimum atomic E-state index is -0.872. The van der Waals surface area contributed by atoms with E-state index in [0.29, 0.717) is 36.0 Å². The highest BCUT2D eigenvalue weighted by atomic mass is 16.5. The van der Waals surface area contributed by atoms with Gasteiger partial charge in [-0.15, -0.1) is 0 Å². The van der Waals surface area contributed by atoms with E-state index in [0.717, 1.165) is 0 Å². The van der Waals surface area contributed by atoms with Gasteiger partial charge >= 0.3 is 11.8 Å². The predicted molar refractivity (Wildman–Crippen MR) is 95.1 cm³/mol. The zero-order valence-electron chi connectivity index (χ0n) is 14.7. The summed E-state index contributed by atoms with van der Waals surface area (Å²) in [6, 6.07) is 8.65. The molecule has 0 fully saturated rings. The molecule has 0 bridgehead atoms. The van der Waals surface area contributed by atoms with Gasteiger partial charge < -0.3 is 19.2 Å². The van der Waals surface area contributed by atoms with Crippen molar-refractivity contribution in [2.45, 2.75) is 20.4 Å². The van der Waals surface area contributed by atoms with Crippen molar-refractivity contribution in [3.63, 3.8) is 0 Å². The summed E-state index contributed by atoms with van der Waals surface area (Å²) in [5.41, 5.74) is 2.86. The van der Waals surface area contributed by atoms with E-state index in [-0.39, 0.29) is 6.54 Å². The van der Waals surface area contributed by atoms with Gasteiger partial charge in [0, 0.05) is 0 Å². The van der Waals surface area contributed by atoms with Gasteiger partial charge in [-0.2, -0.15) is 5.10 Å². The largest absolute Gasteiger partial charge is 0.490 e. The quantitative estimate of drug-likeness (QED) is 0.425. The highest BCUT2D eigenvalue weighted by Gasteiger charge is 2.12. The molecule has 1 aromatic heterocycles. The van der Waals surface area contributed by atoms with Crippen LogP contribution in [0.3, 0.4) is 0 Å². The van der Waals surface area contributed by atoms with Gasteiger partial charge in [0.15, 0.2) is 11.5 Å². The van der Waals surface area contributed by atoms with E-state index in [2.05, 4.69) is 15.8 Å². The normalized spacial score (nSPS) is 10.5. The molecule has 2 amide bonds. The molecule has 0 unspecified atom stereocenters. The number of rotatable bonds is 8. The zero-order valence-corrected chi connectivity index (χ0v) is 14.7. The molecular formula is C18H21N3O5. The lowest BCUT2D eigenvalue weighted by Crippen LogP contribution is -2.37. The maximum absolute atomic E-state index is 11.7. The first-order chi connectivity index (χ1) is 12.6. The first-order valence-electron chi connectivity index (χ1n) is 8.17. The maximum atomic E-state index is 11.7. The van der Waals surface area contributed by atoms with Crippen LogP contribution in [0, 0.1) is 0 Å². The molecule has 8 nitrogen and oxygen atoms in total. The molecule has 0 aliphatic rings. The van der Waals surface area contributed by atoms with E-state index < -0.39 is 11.8 Å². The number of amides is 2. The van der Waals surface area contributed by atoms with E-state index in [9.17, 15) is 9.59 Å². The van der Waals surface area contributed by atoms with Gasteiger partial charge in [-0.05, 0) is 49.7 Å². The Kier molecular flexibility index (Phi) is 7.23. The summed E-state index contributed by atoms with van der Waals surface area (Å²) in [6.07, 6.45) is 2.90. The van der Waals surface area contributed by atoms with Crippen LogP contribution >= 0.6 is 0 Å². The molecule has 0 aliphatic heterocycles. The second-order valence-electron chi connectivity index (χ2n) is 5.03. The van der Waals surface area contributed by atoms with Crippen LogP contribution < -0.4 is 20.2 Å².